The molecule has 1 heterocycles. The summed E-state index contributed by atoms with van der Waals surface area (Å²) in [6.07, 6.45) is 1.54. The number of nitro benzene ring substituents is 1. The van der Waals surface area contributed by atoms with Crippen LogP contribution in [0.1, 0.15) is 0 Å². The maximum Gasteiger partial charge on any atom is 0.365 e. The van der Waals surface area contributed by atoms with Gasteiger partial charge in [0, 0.05) is 26.2 Å². The van der Waals surface area contributed by atoms with Crippen molar-refractivity contribution in [2.24, 2.45) is 14.1 Å². The van der Waals surface area contributed by atoms with E-state index in [1.807, 2.05) is 0 Å². The van der Waals surface area contributed by atoms with Gasteiger partial charge in [0.15, 0.2) is 3.57 Å². The quantitative estimate of drug-likeness (QED) is 0.321. The van der Waals surface area contributed by atoms with Crippen molar-refractivity contribution in [3.63, 3.8) is 0 Å². The van der Waals surface area contributed by atoms with Crippen LogP contribution in [-0.2, 0) is 14.1 Å². The summed E-state index contributed by atoms with van der Waals surface area (Å²) in [6.45, 7) is 0. The highest BCUT2D eigenvalue weighted by Crippen LogP contribution is 2.07. The number of non-ortho nitro benzene ring substituents is 1. The van der Waals surface area contributed by atoms with Crippen LogP contribution >= 0.6 is 0 Å². The molecule has 0 aliphatic carbocycles. The van der Waals surface area contributed by atoms with Crippen LogP contribution in [0.3, 0.4) is 0 Å². The number of benzene rings is 1. The summed E-state index contributed by atoms with van der Waals surface area (Å²) in [5, 5.41) is 10.6. The highest BCUT2D eigenvalue weighted by Gasteiger charge is 2.23. The van der Waals surface area contributed by atoms with Crippen LogP contribution in [0.5, 0.6) is 0 Å². The van der Waals surface area contributed by atoms with E-state index in [0.29, 0.717) is 3.57 Å². The Morgan fingerprint density at radius 2 is 1.75 bits per heavy atom. The fourth-order valence-electron chi connectivity index (χ4n) is 1.57. The minimum Gasteiger partial charge on any atom is -0.299 e. The lowest BCUT2D eigenvalue weighted by Gasteiger charge is -1.99. The Morgan fingerprint density at radius 1 is 1.15 bits per heavy atom. The molecule has 0 saturated heterocycles. The van der Waals surface area contributed by atoms with Gasteiger partial charge in [-0.05, 0) is 12.1 Å². The second-order valence-electron chi connectivity index (χ2n) is 4.06. The molecule has 2 aromatic rings. The normalized spacial score (nSPS) is 10.5. The third-order valence-electron chi connectivity index (χ3n) is 2.65. The predicted octanol–water partition coefficient (Wildman–Crippen LogP) is -2.88. The summed E-state index contributed by atoms with van der Waals surface area (Å²) in [5.41, 5.74) is -0.656. The van der Waals surface area contributed by atoms with E-state index in [1.54, 1.807) is 25.4 Å². The molecule has 7 nitrogen and oxygen atoms in total. The lowest BCUT2D eigenvalue weighted by Crippen LogP contribution is -3.62. The molecule has 2 rings (SSSR count). The maximum absolute atomic E-state index is 12.0. The highest BCUT2D eigenvalue weighted by molar-refractivity contribution is 5.27. The standard InChI is InChI=1S/C12H11IN3O4/c1-14-7-10(11(17)15(2)12(14)18)13-8-3-5-9(6-4-8)16(19)20/h3-7H,1-2H3/q+1. The molecule has 0 unspecified atom stereocenters. The van der Waals surface area contributed by atoms with E-state index >= 15 is 0 Å². The van der Waals surface area contributed by atoms with Gasteiger partial charge in [0.1, 0.15) is 0 Å². The largest absolute Gasteiger partial charge is 0.365 e. The monoisotopic (exact) mass is 388 g/mol. The Balaban J connectivity index is 2.38. The predicted molar refractivity (Wildman–Crippen MR) is 67.4 cm³/mol. The Labute approximate surface area is 123 Å². The molecule has 0 radical (unpaired) electrons. The summed E-state index contributed by atoms with van der Waals surface area (Å²) < 4.78 is 3.88. The van der Waals surface area contributed by atoms with Gasteiger partial charge < -0.3 is 0 Å². The molecule has 0 fully saturated rings. The first-order valence-electron chi connectivity index (χ1n) is 5.56. The molecule has 0 bridgehead atoms. The smallest absolute Gasteiger partial charge is 0.299 e. The van der Waals surface area contributed by atoms with Crippen molar-refractivity contribution in [2.45, 2.75) is 0 Å². The minimum atomic E-state index is -0.788. The fraction of sp³-hybridized carbons (Fsp3) is 0.167. The van der Waals surface area contributed by atoms with Gasteiger partial charge in [0.2, 0.25) is 0 Å². The molecule has 104 valence electrons. The zero-order chi connectivity index (χ0) is 14.9. The lowest BCUT2D eigenvalue weighted by atomic mass is 10.3. The van der Waals surface area contributed by atoms with Crippen molar-refractivity contribution in [3.05, 3.63) is 68.6 Å². The number of halogens is 1. The topological polar surface area (TPSA) is 87.1 Å². The molecule has 0 amide bonds. The second kappa shape index (κ2) is 5.57. The number of hydrogen-bond donors (Lipinski definition) is 0. The third kappa shape index (κ3) is 2.79. The third-order valence-corrected chi connectivity index (χ3v) is 5.32. The van der Waals surface area contributed by atoms with Gasteiger partial charge in [0.25, 0.3) is 9.26 Å². The number of aryl methyl sites for hydroxylation is 1. The summed E-state index contributed by atoms with van der Waals surface area (Å²) in [6, 6.07) is 6.13. The Hall–Kier alpha value is -1.97. The second-order valence-corrected chi connectivity index (χ2v) is 7.01. The molecule has 0 saturated carbocycles. The number of nitro groups is 1. The van der Waals surface area contributed by atoms with Gasteiger partial charge in [-0.25, -0.2) is 4.79 Å². The minimum absolute atomic E-state index is 0.0196. The van der Waals surface area contributed by atoms with Gasteiger partial charge in [-0.15, -0.1) is 0 Å². The lowest BCUT2D eigenvalue weighted by molar-refractivity contribution is -0.600. The molecule has 20 heavy (non-hydrogen) atoms. The van der Waals surface area contributed by atoms with E-state index in [9.17, 15) is 19.7 Å². The van der Waals surface area contributed by atoms with Crippen LogP contribution in [0.25, 0.3) is 0 Å². The number of hydrogen-bond acceptors (Lipinski definition) is 4. The van der Waals surface area contributed by atoms with Crippen LogP contribution in [-0.4, -0.2) is 14.1 Å². The maximum atomic E-state index is 12.0. The number of nitrogens with zero attached hydrogens (tertiary/aromatic N) is 3. The average molecular weight is 388 g/mol. The first-order valence-corrected chi connectivity index (χ1v) is 7.72. The summed E-state index contributed by atoms with van der Waals surface area (Å²) in [5.74, 6) is 0. The molecule has 0 aliphatic heterocycles. The Kier molecular flexibility index (Phi) is 4.02. The van der Waals surface area contributed by atoms with Gasteiger partial charge >= 0.3 is 32.5 Å². The van der Waals surface area contributed by atoms with Crippen molar-refractivity contribution in [2.75, 3.05) is 0 Å². The van der Waals surface area contributed by atoms with E-state index < -0.39 is 26.1 Å². The number of aromatic nitrogens is 2. The summed E-state index contributed by atoms with van der Waals surface area (Å²) in [7, 11) is 3.03. The van der Waals surface area contributed by atoms with Crippen LogP contribution in [0.15, 0.2) is 40.1 Å². The average Bonchev–Trinajstić information content (AvgIpc) is 2.43. The number of rotatable bonds is 3. The molecular weight excluding hydrogens is 377 g/mol. The molecule has 0 spiro atoms. The first kappa shape index (κ1) is 14.4. The van der Waals surface area contributed by atoms with Crippen LogP contribution < -0.4 is 32.5 Å². The Morgan fingerprint density at radius 3 is 2.30 bits per heavy atom. The zero-order valence-corrected chi connectivity index (χ0v) is 12.9. The first-order chi connectivity index (χ1) is 9.40. The molecular formula is C12H11IN3O4+. The SMILES string of the molecule is Cn1cc([I+]c2ccc([N+](=O)[O-])cc2)c(=O)n(C)c1=O. The van der Waals surface area contributed by atoms with Crippen molar-refractivity contribution in [1.82, 2.24) is 9.13 Å². The van der Waals surface area contributed by atoms with E-state index in [4.69, 9.17) is 0 Å². The van der Waals surface area contributed by atoms with Crippen LogP contribution in [0.2, 0.25) is 0 Å². The molecule has 1 aromatic heterocycles. The van der Waals surface area contributed by atoms with Crippen molar-refractivity contribution in [1.29, 1.82) is 0 Å². The molecule has 8 heteroatoms. The molecule has 1 aromatic carbocycles. The van der Waals surface area contributed by atoms with Crippen molar-refractivity contribution >= 4 is 5.69 Å². The van der Waals surface area contributed by atoms with E-state index in [-0.39, 0.29) is 16.9 Å². The highest BCUT2D eigenvalue weighted by atomic mass is 127. The van der Waals surface area contributed by atoms with Crippen LogP contribution in [0, 0.1) is 17.3 Å². The van der Waals surface area contributed by atoms with E-state index in [2.05, 4.69) is 0 Å². The van der Waals surface area contributed by atoms with Gasteiger partial charge in [-0.1, -0.05) is 0 Å². The van der Waals surface area contributed by atoms with Gasteiger partial charge in [0.05, 0.1) is 11.1 Å². The fourth-order valence-corrected chi connectivity index (χ4v) is 4.11. The zero-order valence-electron chi connectivity index (χ0n) is 10.7. The van der Waals surface area contributed by atoms with Crippen molar-refractivity contribution in [3.8, 4) is 0 Å². The Bertz CT molecular complexity index is 777. The van der Waals surface area contributed by atoms with E-state index in [0.717, 1.165) is 8.14 Å². The van der Waals surface area contributed by atoms with Crippen LogP contribution in [0.4, 0.5) is 5.69 Å². The van der Waals surface area contributed by atoms with Gasteiger partial charge in [-0.2, -0.15) is 0 Å². The summed E-state index contributed by atoms with van der Waals surface area (Å²) in [4.78, 5) is 33.7. The van der Waals surface area contributed by atoms with Crippen molar-refractivity contribution < 1.29 is 26.1 Å². The molecule has 0 N–H and O–H groups in total. The van der Waals surface area contributed by atoms with E-state index in [1.165, 1.54) is 23.7 Å². The molecule has 0 aliphatic rings. The molecule has 0 atom stereocenters. The van der Waals surface area contributed by atoms with Gasteiger partial charge in [-0.3, -0.25) is 24.0 Å². The summed E-state index contributed by atoms with van der Waals surface area (Å²) >= 11 is -0.788.